The molecule has 1 aromatic rings. The summed E-state index contributed by atoms with van der Waals surface area (Å²) in [5, 5.41) is 21.6. The Morgan fingerprint density at radius 1 is 1.26 bits per heavy atom. The summed E-state index contributed by atoms with van der Waals surface area (Å²) >= 11 is 0. The molecule has 0 radical (unpaired) electrons. The van der Waals surface area contributed by atoms with Gasteiger partial charge in [-0.2, -0.15) is 0 Å². The molecule has 1 aromatic carbocycles. The third-order valence-corrected chi connectivity index (χ3v) is 2.93. The van der Waals surface area contributed by atoms with Crippen molar-refractivity contribution < 1.29 is 19.4 Å². The zero-order valence-corrected chi connectivity index (χ0v) is 10.2. The first-order chi connectivity index (χ1) is 8.74. The lowest BCUT2D eigenvalue weighted by atomic mass is 9.88. The van der Waals surface area contributed by atoms with E-state index in [1.54, 1.807) is 0 Å². The first-order valence-corrected chi connectivity index (χ1v) is 5.39. The first kappa shape index (κ1) is 12.9. The maximum Gasteiger partial charge on any atom is 0.313 e. The number of nitrogens with zero attached hydrogens (tertiary/aromatic N) is 2. The van der Waals surface area contributed by atoms with Crippen LogP contribution in [0.5, 0.6) is 5.75 Å². The fourth-order valence-electron chi connectivity index (χ4n) is 2.06. The zero-order valence-electron chi connectivity index (χ0n) is 10.2. The third-order valence-electron chi connectivity index (χ3n) is 2.93. The molecule has 1 aliphatic heterocycles. The van der Waals surface area contributed by atoms with Crippen LogP contribution in [0.4, 0.5) is 5.69 Å². The molecule has 0 saturated heterocycles. The molecular formula is C11H10N2O6. The molecule has 100 valence electrons. The second-order valence-electron chi connectivity index (χ2n) is 4.70. The highest BCUT2D eigenvalue weighted by molar-refractivity contribution is 6.04. The average molecular weight is 266 g/mol. The van der Waals surface area contributed by atoms with Crippen molar-refractivity contribution in [2.45, 2.75) is 25.5 Å². The summed E-state index contributed by atoms with van der Waals surface area (Å²) < 4.78 is 5.41. The lowest BCUT2D eigenvalue weighted by Gasteiger charge is -2.33. The summed E-state index contributed by atoms with van der Waals surface area (Å²) in [6.07, 6.45) is 0. The standard InChI is InChI=1S/C11H10N2O6/c1-11(2)10(13(17)18)9(14)7-5-6(12(15)16)3-4-8(7)19-11/h3-5,10H,1-2H3. The summed E-state index contributed by atoms with van der Waals surface area (Å²) in [4.78, 5) is 32.3. The SMILES string of the molecule is CC1(C)Oc2ccc([N+](=O)[O-])cc2C(=O)C1[N+](=O)[O-]. The van der Waals surface area contributed by atoms with Gasteiger partial charge in [-0.05, 0) is 19.9 Å². The van der Waals surface area contributed by atoms with Gasteiger partial charge in [-0.1, -0.05) is 0 Å². The summed E-state index contributed by atoms with van der Waals surface area (Å²) in [6, 6.07) is 1.89. The third kappa shape index (κ3) is 2.01. The molecular weight excluding hydrogens is 256 g/mol. The van der Waals surface area contributed by atoms with E-state index < -0.39 is 27.3 Å². The highest BCUT2D eigenvalue weighted by Gasteiger charge is 2.52. The van der Waals surface area contributed by atoms with E-state index in [1.165, 1.54) is 26.0 Å². The molecule has 0 bridgehead atoms. The highest BCUT2D eigenvalue weighted by Crippen LogP contribution is 2.36. The molecule has 0 N–H and O–H groups in total. The van der Waals surface area contributed by atoms with Crippen LogP contribution in [0.15, 0.2) is 18.2 Å². The predicted octanol–water partition coefficient (Wildman–Crippen LogP) is 1.59. The van der Waals surface area contributed by atoms with Gasteiger partial charge in [-0.15, -0.1) is 0 Å². The van der Waals surface area contributed by atoms with Crippen LogP contribution in [-0.2, 0) is 0 Å². The number of nitro groups is 2. The normalized spacial score (nSPS) is 20.3. The van der Waals surface area contributed by atoms with Crippen molar-refractivity contribution in [1.82, 2.24) is 0 Å². The van der Waals surface area contributed by atoms with E-state index in [0.717, 1.165) is 6.07 Å². The predicted molar refractivity (Wildman–Crippen MR) is 62.9 cm³/mol. The van der Waals surface area contributed by atoms with Gasteiger partial charge in [0.1, 0.15) is 5.75 Å². The summed E-state index contributed by atoms with van der Waals surface area (Å²) in [5.41, 5.74) is -1.74. The number of rotatable bonds is 2. The van der Waals surface area contributed by atoms with Gasteiger partial charge in [0.05, 0.1) is 10.5 Å². The summed E-state index contributed by atoms with van der Waals surface area (Å²) in [7, 11) is 0. The van der Waals surface area contributed by atoms with Crippen molar-refractivity contribution in [3.63, 3.8) is 0 Å². The molecule has 1 atom stereocenters. The van der Waals surface area contributed by atoms with Crippen molar-refractivity contribution in [2.75, 3.05) is 0 Å². The lowest BCUT2D eigenvalue weighted by molar-refractivity contribution is -0.524. The Morgan fingerprint density at radius 3 is 2.42 bits per heavy atom. The summed E-state index contributed by atoms with van der Waals surface area (Å²) in [6.45, 7) is 2.87. The molecule has 19 heavy (non-hydrogen) atoms. The van der Waals surface area contributed by atoms with Crippen molar-refractivity contribution in [3.05, 3.63) is 44.0 Å². The molecule has 1 aliphatic rings. The van der Waals surface area contributed by atoms with Gasteiger partial charge in [0, 0.05) is 17.1 Å². The second kappa shape index (κ2) is 4.01. The van der Waals surface area contributed by atoms with E-state index in [0.29, 0.717) is 0 Å². The van der Waals surface area contributed by atoms with Crippen LogP contribution < -0.4 is 4.74 Å². The Balaban J connectivity index is 2.58. The maximum atomic E-state index is 12.1. The van der Waals surface area contributed by atoms with E-state index in [1.807, 2.05) is 0 Å². The summed E-state index contributed by atoms with van der Waals surface area (Å²) in [5.74, 6) is -0.654. The van der Waals surface area contributed by atoms with E-state index >= 15 is 0 Å². The van der Waals surface area contributed by atoms with Gasteiger partial charge in [-0.3, -0.25) is 25.0 Å². The molecule has 0 saturated carbocycles. The molecule has 2 rings (SSSR count). The number of ether oxygens (including phenoxy) is 1. The Hall–Kier alpha value is -2.51. The Labute approximate surface area is 107 Å². The monoisotopic (exact) mass is 266 g/mol. The number of hydrogen-bond acceptors (Lipinski definition) is 6. The number of hydrogen-bond donors (Lipinski definition) is 0. The second-order valence-corrected chi connectivity index (χ2v) is 4.70. The minimum atomic E-state index is -1.58. The topological polar surface area (TPSA) is 113 Å². The molecule has 0 amide bonds. The number of fused-ring (bicyclic) bond motifs is 1. The van der Waals surface area contributed by atoms with Crippen molar-refractivity contribution in [1.29, 1.82) is 0 Å². The van der Waals surface area contributed by atoms with Gasteiger partial charge in [-0.25, -0.2) is 0 Å². The fourth-order valence-corrected chi connectivity index (χ4v) is 2.06. The van der Waals surface area contributed by atoms with E-state index in [4.69, 9.17) is 4.74 Å². The minimum absolute atomic E-state index is 0.124. The Morgan fingerprint density at radius 2 is 1.89 bits per heavy atom. The molecule has 8 heteroatoms. The van der Waals surface area contributed by atoms with Gasteiger partial charge in [0.25, 0.3) is 5.69 Å². The minimum Gasteiger partial charge on any atom is -0.479 e. The van der Waals surface area contributed by atoms with Crippen molar-refractivity contribution in [2.24, 2.45) is 0 Å². The van der Waals surface area contributed by atoms with Crippen LogP contribution >= 0.6 is 0 Å². The van der Waals surface area contributed by atoms with E-state index in [-0.39, 0.29) is 17.0 Å². The molecule has 0 aromatic heterocycles. The van der Waals surface area contributed by atoms with Gasteiger partial charge in [0.15, 0.2) is 5.60 Å². The molecule has 1 unspecified atom stereocenters. The number of carbonyl (C=O) groups is 1. The van der Waals surface area contributed by atoms with Crippen molar-refractivity contribution in [3.8, 4) is 5.75 Å². The zero-order chi connectivity index (χ0) is 14.4. The molecule has 0 fully saturated rings. The van der Waals surface area contributed by atoms with Crippen LogP contribution in [0.1, 0.15) is 24.2 Å². The number of nitro benzene ring substituents is 1. The number of Topliss-reactive ketones (excluding diaryl/α,β-unsaturated/α-hetero) is 1. The van der Waals surface area contributed by atoms with Crippen LogP contribution in [-0.4, -0.2) is 27.3 Å². The van der Waals surface area contributed by atoms with Crippen LogP contribution in [0.3, 0.4) is 0 Å². The quantitative estimate of drug-likeness (QED) is 0.593. The van der Waals surface area contributed by atoms with Gasteiger partial charge in [0.2, 0.25) is 5.78 Å². The van der Waals surface area contributed by atoms with Crippen LogP contribution in [0, 0.1) is 20.2 Å². The first-order valence-electron chi connectivity index (χ1n) is 5.39. The number of non-ortho nitro benzene ring substituents is 1. The van der Waals surface area contributed by atoms with Crippen LogP contribution in [0.25, 0.3) is 0 Å². The lowest BCUT2D eigenvalue weighted by Crippen LogP contribution is -2.54. The number of benzene rings is 1. The fraction of sp³-hybridized carbons (Fsp3) is 0.364. The average Bonchev–Trinajstić information content (AvgIpc) is 2.26. The highest BCUT2D eigenvalue weighted by atomic mass is 16.6. The maximum absolute atomic E-state index is 12.1. The van der Waals surface area contributed by atoms with E-state index in [9.17, 15) is 25.0 Å². The van der Waals surface area contributed by atoms with Gasteiger partial charge < -0.3 is 4.74 Å². The molecule has 0 spiro atoms. The molecule has 1 heterocycles. The number of ketones is 1. The van der Waals surface area contributed by atoms with Crippen molar-refractivity contribution >= 4 is 11.5 Å². The smallest absolute Gasteiger partial charge is 0.313 e. The van der Waals surface area contributed by atoms with Gasteiger partial charge >= 0.3 is 6.04 Å². The van der Waals surface area contributed by atoms with Crippen LogP contribution in [0.2, 0.25) is 0 Å². The van der Waals surface area contributed by atoms with E-state index in [2.05, 4.69) is 0 Å². The Bertz CT molecular complexity index is 595. The largest absolute Gasteiger partial charge is 0.479 e. The molecule has 8 nitrogen and oxygen atoms in total. The molecule has 0 aliphatic carbocycles. The number of carbonyl (C=O) groups excluding carboxylic acids is 1. The Kier molecular flexibility index (Phi) is 2.73.